The van der Waals surface area contributed by atoms with E-state index in [1.807, 2.05) is 13.8 Å². The molecule has 0 bridgehead atoms. The van der Waals surface area contributed by atoms with E-state index >= 15 is 0 Å². The Balaban J connectivity index is 2.32. The summed E-state index contributed by atoms with van der Waals surface area (Å²) in [5, 5.41) is 22.5. The maximum Gasteiger partial charge on any atom is 0.231 e. The minimum atomic E-state index is -0.223. The van der Waals surface area contributed by atoms with Gasteiger partial charge in [-0.25, -0.2) is 0 Å². The molecule has 1 heterocycles. The first-order valence-electron chi connectivity index (χ1n) is 5.60. The summed E-state index contributed by atoms with van der Waals surface area (Å²) >= 11 is 0. The van der Waals surface area contributed by atoms with Crippen molar-refractivity contribution < 1.29 is 14.7 Å². The first-order chi connectivity index (χ1) is 8.49. The van der Waals surface area contributed by atoms with E-state index in [1.165, 1.54) is 12.1 Å². The highest BCUT2D eigenvalue weighted by atomic mass is 16.5. The van der Waals surface area contributed by atoms with Gasteiger partial charge in [0.25, 0.3) is 0 Å². The zero-order valence-electron chi connectivity index (χ0n) is 10.2. The van der Waals surface area contributed by atoms with Crippen LogP contribution in [0.4, 0.5) is 0 Å². The number of phenols is 2. The molecular formula is C12H15N3O3. The van der Waals surface area contributed by atoms with E-state index < -0.39 is 0 Å². The lowest BCUT2D eigenvalue weighted by Crippen LogP contribution is -2.22. The molecule has 0 aliphatic rings. The van der Waals surface area contributed by atoms with Crippen LogP contribution in [-0.2, 0) is 0 Å². The second-order valence-electron chi connectivity index (χ2n) is 4.31. The lowest BCUT2D eigenvalue weighted by atomic mass is 10.1. The SMILES string of the molecule is CC(N)C(C)c1nc(-c2ccc(O)c(O)c2)no1. The number of phenolic OH excluding ortho intramolecular Hbond substituents is 2. The summed E-state index contributed by atoms with van der Waals surface area (Å²) in [4.78, 5) is 4.22. The minimum absolute atomic E-state index is 0.0445. The molecular weight excluding hydrogens is 234 g/mol. The van der Waals surface area contributed by atoms with E-state index in [4.69, 9.17) is 10.3 Å². The zero-order valence-corrected chi connectivity index (χ0v) is 10.2. The molecule has 6 nitrogen and oxygen atoms in total. The van der Waals surface area contributed by atoms with Crippen molar-refractivity contribution in [3.63, 3.8) is 0 Å². The molecule has 1 aromatic heterocycles. The number of aromatic hydroxyl groups is 2. The fourth-order valence-electron chi connectivity index (χ4n) is 1.42. The molecule has 0 aliphatic heterocycles. The number of hydrogen-bond acceptors (Lipinski definition) is 6. The predicted molar refractivity (Wildman–Crippen MR) is 65.1 cm³/mol. The van der Waals surface area contributed by atoms with Crippen molar-refractivity contribution in [1.29, 1.82) is 0 Å². The second-order valence-corrected chi connectivity index (χ2v) is 4.31. The Hall–Kier alpha value is -2.08. The fraction of sp³-hybridized carbons (Fsp3) is 0.333. The van der Waals surface area contributed by atoms with E-state index in [0.717, 1.165) is 0 Å². The van der Waals surface area contributed by atoms with Crippen LogP contribution in [0.2, 0.25) is 0 Å². The van der Waals surface area contributed by atoms with Gasteiger partial charge in [-0.1, -0.05) is 12.1 Å². The number of nitrogens with two attached hydrogens (primary N) is 1. The van der Waals surface area contributed by atoms with Crippen LogP contribution in [-0.4, -0.2) is 26.4 Å². The van der Waals surface area contributed by atoms with Crippen LogP contribution in [0.15, 0.2) is 22.7 Å². The molecule has 0 saturated carbocycles. The van der Waals surface area contributed by atoms with Crippen LogP contribution in [0.3, 0.4) is 0 Å². The molecule has 0 amide bonds. The van der Waals surface area contributed by atoms with Crippen LogP contribution in [0.5, 0.6) is 11.5 Å². The summed E-state index contributed by atoms with van der Waals surface area (Å²) < 4.78 is 5.13. The van der Waals surface area contributed by atoms with Crippen molar-refractivity contribution in [2.45, 2.75) is 25.8 Å². The van der Waals surface area contributed by atoms with Gasteiger partial charge in [0.15, 0.2) is 11.5 Å². The summed E-state index contributed by atoms with van der Waals surface area (Å²) in [6.45, 7) is 3.76. The van der Waals surface area contributed by atoms with Gasteiger partial charge in [-0.05, 0) is 25.1 Å². The standard InChI is InChI=1S/C12H15N3O3/c1-6(7(2)13)12-14-11(15-18-12)8-3-4-9(16)10(17)5-8/h3-7,16-17H,13H2,1-2H3. The van der Waals surface area contributed by atoms with Crippen molar-refractivity contribution in [2.75, 3.05) is 0 Å². The van der Waals surface area contributed by atoms with E-state index in [-0.39, 0.29) is 23.5 Å². The van der Waals surface area contributed by atoms with Gasteiger partial charge in [0.05, 0.1) is 5.92 Å². The third kappa shape index (κ3) is 2.28. The number of benzene rings is 1. The van der Waals surface area contributed by atoms with Crippen LogP contribution >= 0.6 is 0 Å². The van der Waals surface area contributed by atoms with Gasteiger partial charge in [0.2, 0.25) is 11.7 Å². The van der Waals surface area contributed by atoms with Crippen LogP contribution in [0.1, 0.15) is 25.7 Å². The number of nitrogens with zero attached hydrogens (tertiary/aromatic N) is 2. The topological polar surface area (TPSA) is 105 Å². The van der Waals surface area contributed by atoms with E-state index in [9.17, 15) is 10.2 Å². The maximum absolute atomic E-state index is 9.41. The number of hydrogen-bond donors (Lipinski definition) is 3. The van der Waals surface area contributed by atoms with Crippen molar-refractivity contribution >= 4 is 0 Å². The van der Waals surface area contributed by atoms with Gasteiger partial charge in [-0.3, -0.25) is 0 Å². The zero-order chi connectivity index (χ0) is 13.3. The average molecular weight is 249 g/mol. The largest absolute Gasteiger partial charge is 0.504 e. The Kier molecular flexibility index (Phi) is 3.20. The fourth-order valence-corrected chi connectivity index (χ4v) is 1.42. The molecule has 2 atom stereocenters. The Morgan fingerprint density at radius 3 is 2.56 bits per heavy atom. The highest BCUT2D eigenvalue weighted by molar-refractivity contribution is 5.59. The Morgan fingerprint density at radius 2 is 1.94 bits per heavy atom. The van der Waals surface area contributed by atoms with E-state index in [2.05, 4.69) is 10.1 Å². The molecule has 4 N–H and O–H groups in total. The maximum atomic E-state index is 9.41. The average Bonchev–Trinajstić information content (AvgIpc) is 2.81. The second kappa shape index (κ2) is 4.66. The van der Waals surface area contributed by atoms with Gasteiger partial charge >= 0.3 is 0 Å². The molecule has 0 spiro atoms. The van der Waals surface area contributed by atoms with Gasteiger partial charge in [0.1, 0.15) is 0 Å². The summed E-state index contributed by atoms with van der Waals surface area (Å²) in [5.74, 6) is 0.350. The first-order valence-corrected chi connectivity index (χ1v) is 5.60. The molecule has 0 saturated heterocycles. The normalized spacial score (nSPS) is 14.4. The minimum Gasteiger partial charge on any atom is -0.504 e. The van der Waals surface area contributed by atoms with Gasteiger partial charge < -0.3 is 20.5 Å². The quantitative estimate of drug-likeness (QED) is 0.713. The van der Waals surface area contributed by atoms with Crippen LogP contribution in [0.25, 0.3) is 11.4 Å². The van der Waals surface area contributed by atoms with Crippen molar-refractivity contribution in [2.24, 2.45) is 5.73 Å². The third-order valence-electron chi connectivity index (χ3n) is 2.85. The van der Waals surface area contributed by atoms with E-state index in [1.54, 1.807) is 6.07 Å². The molecule has 2 unspecified atom stereocenters. The number of rotatable bonds is 3. The summed E-state index contributed by atoms with van der Waals surface area (Å²) in [6, 6.07) is 4.25. The summed E-state index contributed by atoms with van der Waals surface area (Å²) in [5.41, 5.74) is 6.33. The molecule has 6 heteroatoms. The van der Waals surface area contributed by atoms with Crippen molar-refractivity contribution in [3.05, 3.63) is 24.1 Å². The number of aromatic nitrogens is 2. The molecule has 96 valence electrons. The third-order valence-corrected chi connectivity index (χ3v) is 2.85. The molecule has 2 aromatic rings. The predicted octanol–water partition coefficient (Wildman–Crippen LogP) is 1.60. The molecule has 18 heavy (non-hydrogen) atoms. The molecule has 0 radical (unpaired) electrons. The van der Waals surface area contributed by atoms with Gasteiger partial charge in [-0.2, -0.15) is 4.98 Å². The summed E-state index contributed by atoms with van der Waals surface area (Å²) in [7, 11) is 0. The van der Waals surface area contributed by atoms with E-state index in [0.29, 0.717) is 17.3 Å². The van der Waals surface area contributed by atoms with Crippen molar-refractivity contribution in [3.8, 4) is 22.9 Å². The van der Waals surface area contributed by atoms with Gasteiger partial charge in [0, 0.05) is 11.6 Å². The van der Waals surface area contributed by atoms with Crippen molar-refractivity contribution in [1.82, 2.24) is 10.1 Å². The highest BCUT2D eigenvalue weighted by Crippen LogP contribution is 2.29. The molecule has 1 aromatic carbocycles. The first kappa shape index (κ1) is 12.4. The smallest absolute Gasteiger partial charge is 0.231 e. The molecule has 0 aliphatic carbocycles. The molecule has 0 fully saturated rings. The van der Waals surface area contributed by atoms with Crippen LogP contribution in [0, 0.1) is 0 Å². The highest BCUT2D eigenvalue weighted by Gasteiger charge is 2.18. The Bertz CT molecular complexity index is 551. The van der Waals surface area contributed by atoms with Crippen LogP contribution < -0.4 is 5.73 Å². The van der Waals surface area contributed by atoms with Gasteiger partial charge in [-0.15, -0.1) is 0 Å². The summed E-state index contributed by atoms with van der Waals surface area (Å²) in [6.07, 6.45) is 0. The molecule has 2 rings (SSSR count). The Labute approximate surface area is 104 Å². The monoisotopic (exact) mass is 249 g/mol. The lowest BCUT2D eigenvalue weighted by molar-refractivity contribution is 0.346. The Morgan fingerprint density at radius 1 is 1.22 bits per heavy atom. The lowest BCUT2D eigenvalue weighted by Gasteiger charge is -2.09.